The third kappa shape index (κ3) is 3.45. The molecule has 1 aliphatic rings. The van der Waals surface area contributed by atoms with Gasteiger partial charge in [-0.25, -0.2) is 0 Å². The molecule has 1 aliphatic heterocycles. The average molecular weight is 270 g/mol. The number of hydrogen-bond acceptors (Lipinski definition) is 3. The maximum absolute atomic E-state index is 6.18. The van der Waals surface area contributed by atoms with Gasteiger partial charge in [0.05, 0.1) is 13.2 Å². The molecule has 1 fully saturated rings. The molecule has 1 aromatic carbocycles. The van der Waals surface area contributed by atoms with Crippen LogP contribution in [0.3, 0.4) is 0 Å². The van der Waals surface area contributed by atoms with Crippen LogP contribution in [0.25, 0.3) is 0 Å². The third-order valence-corrected chi connectivity index (χ3v) is 3.57. The molecule has 1 heterocycles. The van der Waals surface area contributed by atoms with Crippen LogP contribution >= 0.6 is 11.6 Å². The molecule has 0 spiro atoms. The summed E-state index contributed by atoms with van der Waals surface area (Å²) < 4.78 is 11.0. The van der Waals surface area contributed by atoms with E-state index in [9.17, 15) is 0 Å². The number of hydrogen-bond donors (Lipinski definition) is 1. The maximum atomic E-state index is 6.18. The molecule has 0 aromatic heterocycles. The van der Waals surface area contributed by atoms with Crippen molar-refractivity contribution in [3.63, 3.8) is 0 Å². The van der Waals surface area contributed by atoms with Gasteiger partial charge in [-0.05, 0) is 30.7 Å². The highest BCUT2D eigenvalue weighted by Gasteiger charge is 2.22. The lowest BCUT2D eigenvalue weighted by molar-refractivity contribution is -0.0529. The first kappa shape index (κ1) is 13.8. The molecule has 0 amide bonds. The summed E-state index contributed by atoms with van der Waals surface area (Å²) in [6.45, 7) is 6.40. The zero-order valence-corrected chi connectivity index (χ0v) is 11.7. The van der Waals surface area contributed by atoms with E-state index in [4.69, 9.17) is 21.1 Å². The molecular formula is C14H20ClNO2. The Balaban J connectivity index is 2.09. The van der Waals surface area contributed by atoms with Crippen LogP contribution in [-0.4, -0.2) is 26.0 Å². The number of nitrogens with one attached hydrogen (secondary N) is 1. The quantitative estimate of drug-likeness (QED) is 0.891. The highest BCUT2D eigenvalue weighted by Crippen LogP contribution is 2.26. The van der Waals surface area contributed by atoms with E-state index in [0.717, 1.165) is 23.6 Å². The lowest BCUT2D eigenvalue weighted by Crippen LogP contribution is -2.26. The molecule has 0 saturated carbocycles. The first-order valence-corrected chi connectivity index (χ1v) is 6.81. The van der Waals surface area contributed by atoms with E-state index in [0.29, 0.717) is 13.2 Å². The molecule has 18 heavy (non-hydrogen) atoms. The van der Waals surface area contributed by atoms with E-state index in [-0.39, 0.29) is 12.3 Å². The van der Waals surface area contributed by atoms with Crippen LogP contribution < -0.4 is 5.32 Å². The fourth-order valence-electron chi connectivity index (χ4n) is 2.15. The molecule has 1 saturated heterocycles. The Morgan fingerprint density at radius 2 is 2.11 bits per heavy atom. The summed E-state index contributed by atoms with van der Waals surface area (Å²) in [6, 6.07) is 6.41. The number of benzene rings is 1. The van der Waals surface area contributed by atoms with Gasteiger partial charge in [-0.2, -0.15) is 0 Å². The zero-order chi connectivity index (χ0) is 13.0. The lowest BCUT2D eigenvalue weighted by atomic mass is 10.0. The molecule has 1 aromatic rings. The Morgan fingerprint density at radius 1 is 1.39 bits per heavy atom. The third-order valence-electron chi connectivity index (χ3n) is 3.17. The molecule has 4 heteroatoms. The predicted molar refractivity (Wildman–Crippen MR) is 72.9 cm³/mol. The van der Waals surface area contributed by atoms with E-state index >= 15 is 0 Å². The topological polar surface area (TPSA) is 30.5 Å². The monoisotopic (exact) mass is 269 g/mol. The summed E-state index contributed by atoms with van der Waals surface area (Å²) in [4.78, 5) is 0. The molecule has 0 radical (unpaired) electrons. The fourth-order valence-corrected chi connectivity index (χ4v) is 2.33. The van der Waals surface area contributed by atoms with Gasteiger partial charge in [0.1, 0.15) is 0 Å². The van der Waals surface area contributed by atoms with E-state index in [1.807, 2.05) is 13.0 Å². The molecule has 0 aliphatic carbocycles. The van der Waals surface area contributed by atoms with E-state index in [1.165, 1.54) is 5.56 Å². The molecule has 0 bridgehead atoms. The van der Waals surface area contributed by atoms with Gasteiger partial charge in [-0.15, -0.1) is 0 Å². The van der Waals surface area contributed by atoms with Gasteiger partial charge < -0.3 is 14.8 Å². The summed E-state index contributed by atoms with van der Waals surface area (Å²) in [5, 5.41) is 4.26. The van der Waals surface area contributed by atoms with Crippen molar-refractivity contribution in [1.29, 1.82) is 0 Å². The summed E-state index contributed by atoms with van der Waals surface area (Å²) in [5.74, 6) is 0. The van der Waals surface area contributed by atoms with Crippen molar-refractivity contribution >= 4 is 11.6 Å². The second-order valence-electron chi connectivity index (χ2n) is 4.53. The second kappa shape index (κ2) is 6.53. The van der Waals surface area contributed by atoms with Crippen molar-refractivity contribution in [2.75, 3.05) is 19.8 Å². The van der Waals surface area contributed by atoms with Gasteiger partial charge in [0.2, 0.25) is 0 Å². The van der Waals surface area contributed by atoms with Gasteiger partial charge >= 0.3 is 0 Å². The highest BCUT2D eigenvalue weighted by atomic mass is 35.5. The van der Waals surface area contributed by atoms with Gasteiger partial charge in [-0.3, -0.25) is 0 Å². The number of rotatable bonds is 5. The molecule has 1 unspecified atom stereocenters. The molecule has 3 nitrogen and oxygen atoms in total. The molecular weight excluding hydrogens is 250 g/mol. The Hall–Kier alpha value is -0.610. The van der Waals surface area contributed by atoms with Crippen molar-refractivity contribution in [2.45, 2.75) is 32.6 Å². The van der Waals surface area contributed by atoms with Gasteiger partial charge in [-0.1, -0.05) is 30.7 Å². The number of aryl methyl sites for hydroxylation is 1. The van der Waals surface area contributed by atoms with Crippen molar-refractivity contribution in [3.05, 3.63) is 34.3 Å². The number of halogens is 1. The van der Waals surface area contributed by atoms with Crippen molar-refractivity contribution in [1.82, 2.24) is 5.32 Å². The highest BCUT2D eigenvalue weighted by molar-refractivity contribution is 6.31. The van der Waals surface area contributed by atoms with Crippen LogP contribution in [0.4, 0.5) is 0 Å². The Morgan fingerprint density at radius 3 is 2.72 bits per heavy atom. The SMILES string of the molecule is CCNC(CC1OCCO1)c1ccc(C)c(Cl)c1. The normalized spacial score (nSPS) is 18.2. The zero-order valence-electron chi connectivity index (χ0n) is 10.9. The van der Waals surface area contributed by atoms with Crippen molar-refractivity contribution in [2.24, 2.45) is 0 Å². The van der Waals surface area contributed by atoms with Crippen LogP contribution in [0.1, 0.15) is 30.5 Å². The minimum Gasteiger partial charge on any atom is -0.350 e. The average Bonchev–Trinajstić information content (AvgIpc) is 2.85. The second-order valence-corrected chi connectivity index (χ2v) is 4.93. The van der Waals surface area contributed by atoms with E-state index in [2.05, 4.69) is 24.4 Å². The smallest absolute Gasteiger partial charge is 0.159 e. The van der Waals surface area contributed by atoms with Gasteiger partial charge in [0.15, 0.2) is 6.29 Å². The summed E-state index contributed by atoms with van der Waals surface area (Å²) >= 11 is 6.18. The first-order valence-electron chi connectivity index (χ1n) is 6.43. The standard InChI is InChI=1S/C14H20ClNO2/c1-3-16-13(9-14-17-6-7-18-14)11-5-4-10(2)12(15)8-11/h4-5,8,13-14,16H,3,6-7,9H2,1-2H3. The Kier molecular flexibility index (Phi) is 5.01. The summed E-state index contributed by atoms with van der Waals surface area (Å²) in [5.41, 5.74) is 2.29. The number of ether oxygens (including phenoxy) is 2. The first-order chi connectivity index (χ1) is 8.70. The maximum Gasteiger partial charge on any atom is 0.159 e. The van der Waals surface area contributed by atoms with Crippen molar-refractivity contribution in [3.8, 4) is 0 Å². The van der Waals surface area contributed by atoms with Crippen LogP contribution in [0.15, 0.2) is 18.2 Å². The molecule has 100 valence electrons. The van der Waals surface area contributed by atoms with Crippen LogP contribution in [-0.2, 0) is 9.47 Å². The molecule has 1 N–H and O–H groups in total. The van der Waals surface area contributed by atoms with Crippen molar-refractivity contribution < 1.29 is 9.47 Å². The van der Waals surface area contributed by atoms with E-state index < -0.39 is 0 Å². The Bertz CT molecular complexity index is 391. The fraction of sp³-hybridized carbons (Fsp3) is 0.571. The van der Waals surface area contributed by atoms with Crippen LogP contribution in [0, 0.1) is 6.92 Å². The van der Waals surface area contributed by atoms with Gasteiger partial charge in [0.25, 0.3) is 0 Å². The lowest BCUT2D eigenvalue weighted by Gasteiger charge is -2.21. The molecule has 1 atom stereocenters. The Labute approximate surface area is 113 Å². The van der Waals surface area contributed by atoms with Crippen LogP contribution in [0.5, 0.6) is 0 Å². The predicted octanol–water partition coefficient (Wildman–Crippen LogP) is 3.06. The summed E-state index contributed by atoms with van der Waals surface area (Å²) in [7, 11) is 0. The van der Waals surface area contributed by atoms with Crippen LogP contribution in [0.2, 0.25) is 5.02 Å². The van der Waals surface area contributed by atoms with E-state index in [1.54, 1.807) is 0 Å². The minimum atomic E-state index is -0.103. The largest absolute Gasteiger partial charge is 0.350 e. The summed E-state index contributed by atoms with van der Waals surface area (Å²) in [6.07, 6.45) is 0.710. The molecule has 2 rings (SSSR count). The van der Waals surface area contributed by atoms with Gasteiger partial charge in [0, 0.05) is 17.5 Å². The minimum absolute atomic E-state index is 0.103.